The lowest BCUT2D eigenvalue weighted by Gasteiger charge is -2.06. The van der Waals surface area contributed by atoms with Gasteiger partial charge in [0.1, 0.15) is 5.75 Å². The third-order valence-electron chi connectivity index (χ3n) is 4.62. The Hall–Kier alpha value is -3.73. The van der Waals surface area contributed by atoms with Gasteiger partial charge in [0, 0.05) is 17.4 Å². The quantitative estimate of drug-likeness (QED) is 0.527. The van der Waals surface area contributed by atoms with Crippen LogP contribution in [-0.2, 0) is 6.42 Å². The first-order valence-electron chi connectivity index (χ1n) is 8.73. The number of hydrogen-bond acceptors (Lipinski definition) is 4. The summed E-state index contributed by atoms with van der Waals surface area (Å²) in [7, 11) is 0. The minimum atomic E-state index is 0.170. The minimum absolute atomic E-state index is 0.170. The number of benzene rings is 2. The highest BCUT2D eigenvalue weighted by Gasteiger charge is 2.09. The topological polar surface area (TPSA) is 63.3 Å². The minimum Gasteiger partial charge on any atom is -0.506 e. The molecule has 0 saturated heterocycles. The van der Waals surface area contributed by atoms with Crippen molar-refractivity contribution < 1.29 is 5.11 Å². The van der Waals surface area contributed by atoms with Gasteiger partial charge in [-0.15, -0.1) is 0 Å². The van der Waals surface area contributed by atoms with E-state index in [1.807, 2.05) is 71.4 Å². The van der Waals surface area contributed by atoms with Crippen molar-refractivity contribution in [2.45, 2.75) is 6.42 Å². The van der Waals surface area contributed by atoms with Crippen LogP contribution in [0.5, 0.6) is 5.75 Å². The summed E-state index contributed by atoms with van der Waals surface area (Å²) < 4.78 is 1.90. The summed E-state index contributed by atoms with van der Waals surface area (Å²) in [6, 6.07) is 21.9. The smallest absolute Gasteiger partial charge is 0.153 e. The van der Waals surface area contributed by atoms with Crippen LogP contribution in [0.1, 0.15) is 11.3 Å². The average molecular weight is 352 g/mol. The van der Waals surface area contributed by atoms with Gasteiger partial charge < -0.3 is 5.11 Å². The van der Waals surface area contributed by atoms with Crippen LogP contribution < -0.4 is 0 Å². The fraction of sp³-hybridized carbons (Fsp3) is 0.0455. The Morgan fingerprint density at radius 3 is 2.63 bits per heavy atom. The van der Waals surface area contributed by atoms with Gasteiger partial charge >= 0.3 is 0 Å². The molecule has 0 aliphatic heterocycles. The van der Waals surface area contributed by atoms with E-state index >= 15 is 0 Å². The maximum Gasteiger partial charge on any atom is 0.153 e. The van der Waals surface area contributed by atoms with E-state index in [-0.39, 0.29) is 5.75 Å². The molecule has 0 atom stereocenters. The lowest BCUT2D eigenvalue weighted by atomic mass is 10.1. The Labute approximate surface area is 155 Å². The van der Waals surface area contributed by atoms with Crippen LogP contribution in [0.15, 0.2) is 79.1 Å². The molecule has 3 heterocycles. The highest BCUT2D eigenvalue weighted by molar-refractivity contribution is 5.80. The highest BCUT2D eigenvalue weighted by Crippen LogP contribution is 2.22. The number of rotatable bonds is 3. The molecule has 5 heteroatoms. The second-order valence-corrected chi connectivity index (χ2v) is 6.50. The summed E-state index contributed by atoms with van der Waals surface area (Å²) in [4.78, 5) is 8.71. The Kier molecular flexibility index (Phi) is 3.57. The largest absolute Gasteiger partial charge is 0.506 e. The van der Waals surface area contributed by atoms with E-state index in [0.29, 0.717) is 6.42 Å². The molecular formula is C22H16N4O. The molecule has 0 saturated carbocycles. The van der Waals surface area contributed by atoms with Crippen molar-refractivity contribution >= 4 is 16.6 Å². The molecule has 27 heavy (non-hydrogen) atoms. The van der Waals surface area contributed by atoms with Gasteiger partial charge in [0.2, 0.25) is 0 Å². The number of aromatic nitrogens is 4. The first-order chi connectivity index (χ1) is 13.3. The number of hydrogen-bond donors (Lipinski definition) is 1. The molecule has 0 unspecified atom stereocenters. The van der Waals surface area contributed by atoms with Crippen molar-refractivity contribution in [3.8, 4) is 17.0 Å². The number of nitrogens with zero attached hydrogens (tertiary/aromatic N) is 4. The summed E-state index contributed by atoms with van der Waals surface area (Å²) in [5.74, 6) is 0.170. The van der Waals surface area contributed by atoms with E-state index in [1.165, 1.54) is 6.20 Å². The van der Waals surface area contributed by atoms with Gasteiger partial charge in [-0.1, -0.05) is 36.4 Å². The number of aromatic hydroxyl groups is 1. The molecule has 0 aliphatic carbocycles. The molecule has 0 amide bonds. The Bertz CT molecular complexity index is 1260. The second kappa shape index (κ2) is 6.21. The number of pyridine rings is 1. The zero-order chi connectivity index (χ0) is 18.2. The van der Waals surface area contributed by atoms with Crippen molar-refractivity contribution in [1.29, 1.82) is 0 Å². The van der Waals surface area contributed by atoms with E-state index < -0.39 is 0 Å². The lowest BCUT2D eigenvalue weighted by Crippen LogP contribution is -2.00. The molecule has 130 valence electrons. The van der Waals surface area contributed by atoms with Crippen LogP contribution in [0.2, 0.25) is 0 Å². The molecule has 3 aromatic heterocycles. The van der Waals surface area contributed by atoms with Crippen molar-refractivity contribution in [3.63, 3.8) is 0 Å². The van der Waals surface area contributed by atoms with Gasteiger partial charge in [-0.05, 0) is 35.9 Å². The van der Waals surface area contributed by atoms with Gasteiger partial charge in [-0.25, -0.2) is 9.50 Å². The van der Waals surface area contributed by atoms with E-state index in [2.05, 4.69) is 9.97 Å². The molecule has 1 N–H and O–H groups in total. The Balaban J connectivity index is 1.55. The lowest BCUT2D eigenvalue weighted by molar-refractivity contribution is 0.474. The fourth-order valence-corrected chi connectivity index (χ4v) is 3.29. The Morgan fingerprint density at radius 1 is 0.852 bits per heavy atom. The van der Waals surface area contributed by atoms with Gasteiger partial charge in [-0.2, -0.15) is 5.10 Å². The molecule has 0 bridgehead atoms. The van der Waals surface area contributed by atoms with Gasteiger partial charge in [0.05, 0.1) is 29.3 Å². The zero-order valence-corrected chi connectivity index (χ0v) is 14.4. The fourth-order valence-electron chi connectivity index (χ4n) is 3.29. The summed E-state index contributed by atoms with van der Waals surface area (Å²) >= 11 is 0. The van der Waals surface area contributed by atoms with E-state index in [4.69, 9.17) is 5.10 Å². The summed E-state index contributed by atoms with van der Waals surface area (Å²) in [6.45, 7) is 0. The van der Waals surface area contributed by atoms with Crippen molar-refractivity contribution in [3.05, 3.63) is 90.4 Å². The molecule has 5 aromatic rings. The van der Waals surface area contributed by atoms with Gasteiger partial charge in [-0.3, -0.25) is 4.98 Å². The SMILES string of the molecule is Oc1cnc2ccc(Cc3cnc4ccc(-c5ccccc5)nn34)cc2c1. The predicted molar refractivity (Wildman–Crippen MR) is 105 cm³/mol. The summed E-state index contributed by atoms with van der Waals surface area (Å²) in [6.07, 6.45) is 4.02. The predicted octanol–water partition coefficient (Wildman–Crippen LogP) is 4.24. The molecule has 2 aromatic carbocycles. The van der Waals surface area contributed by atoms with Crippen LogP contribution in [-0.4, -0.2) is 24.7 Å². The molecule has 5 rings (SSSR count). The highest BCUT2D eigenvalue weighted by atomic mass is 16.3. The van der Waals surface area contributed by atoms with Crippen LogP contribution in [0.25, 0.3) is 27.8 Å². The molecule has 0 spiro atoms. The standard InChI is InChI=1S/C22H16N4O/c27-19-12-17-10-15(6-7-20(17)23-14-19)11-18-13-24-22-9-8-21(25-26(18)22)16-4-2-1-3-5-16/h1-10,12-14,27H,11H2. The van der Waals surface area contributed by atoms with E-state index in [9.17, 15) is 5.11 Å². The maximum absolute atomic E-state index is 9.67. The Morgan fingerprint density at radius 2 is 1.74 bits per heavy atom. The molecule has 0 fully saturated rings. The van der Waals surface area contributed by atoms with Crippen LogP contribution in [0.4, 0.5) is 0 Å². The van der Waals surface area contributed by atoms with Crippen molar-refractivity contribution in [1.82, 2.24) is 19.6 Å². The molecular weight excluding hydrogens is 336 g/mol. The van der Waals surface area contributed by atoms with E-state index in [1.54, 1.807) is 6.07 Å². The number of fused-ring (bicyclic) bond motifs is 2. The molecule has 5 nitrogen and oxygen atoms in total. The van der Waals surface area contributed by atoms with Gasteiger partial charge in [0.15, 0.2) is 5.65 Å². The summed E-state index contributed by atoms with van der Waals surface area (Å²) in [5.41, 5.74) is 5.80. The summed E-state index contributed by atoms with van der Waals surface area (Å²) in [5, 5.41) is 15.4. The zero-order valence-electron chi connectivity index (χ0n) is 14.4. The number of imidazole rings is 1. The van der Waals surface area contributed by atoms with Crippen LogP contribution in [0.3, 0.4) is 0 Å². The monoisotopic (exact) mass is 352 g/mol. The molecule has 0 aliphatic rings. The van der Waals surface area contributed by atoms with Crippen molar-refractivity contribution in [2.24, 2.45) is 0 Å². The first-order valence-corrected chi connectivity index (χ1v) is 8.73. The van der Waals surface area contributed by atoms with Crippen molar-refractivity contribution in [2.75, 3.05) is 0 Å². The first kappa shape index (κ1) is 15.5. The van der Waals surface area contributed by atoms with Crippen LogP contribution in [0, 0.1) is 0 Å². The third kappa shape index (κ3) is 2.89. The third-order valence-corrected chi connectivity index (χ3v) is 4.62. The normalized spacial score (nSPS) is 11.3. The van der Waals surface area contributed by atoms with E-state index in [0.717, 1.165) is 39.1 Å². The maximum atomic E-state index is 9.67. The van der Waals surface area contributed by atoms with Gasteiger partial charge in [0.25, 0.3) is 0 Å². The average Bonchev–Trinajstić information content (AvgIpc) is 3.10. The van der Waals surface area contributed by atoms with Crippen LogP contribution >= 0.6 is 0 Å². The second-order valence-electron chi connectivity index (χ2n) is 6.50. The molecule has 0 radical (unpaired) electrons.